The number of rotatable bonds is 0. The van der Waals surface area contributed by atoms with Gasteiger partial charge in [-0.2, -0.15) is 15.4 Å². The number of aromatic amines is 1. The lowest BCUT2D eigenvalue weighted by Crippen LogP contribution is -1.66. The van der Waals surface area contributed by atoms with E-state index in [9.17, 15) is 0 Å². The second-order valence-corrected chi connectivity index (χ2v) is 2.39. The Labute approximate surface area is 78.3 Å². The zero-order valence-electron chi connectivity index (χ0n) is 6.44. The van der Waals surface area contributed by atoms with Gasteiger partial charge in [-0.25, -0.2) is 4.79 Å². The van der Waals surface area contributed by atoms with E-state index in [1.165, 1.54) is 0 Å². The third-order valence-electron chi connectivity index (χ3n) is 1.22. The van der Waals surface area contributed by atoms with Gasteiger partial charge < -0.3 is 5.11 Å². The molecule has 0 saturated heterocycles. The standard InChI is InChI=1S/C6H5N3.CHClO2/c1-2-4-6-5(3-1)7-9-8-6;2-1(3)4/h1-4H,(H,7,8,9);(H,3,4). The summed E-state index contributed by atoms with van der Waals surface area (Å²) in [7, 11) is 0. The molecule has 0 unspecified atom stereocenters. The van der Waals surface area contributed by atoms with Crippen molar-refractivity contribution in [1.82, 2.24) is 15.4 Å². The van der Waals surface area contributed by atoms with E-state index in [1.54, 1.807) is 0 Å². The minimum absolute atomic E-state index is 0.914. The van der Waals surface area contributed by atoms with Crippen LogP contribution < -0.4 is 0 Å². The zero-order valence-corrected chi connectivity index (χ0v) is 7.19. The summed E-state index contributed by atoms with van der Waals surface area (Å²) in [6.45, 7) is 0. The van der Waals surface area contributed by atoms with E-state index in [4.69, 9.17) is 9.90 Å². The lowest BCUT2D eigenvalue weighted by Gasteiger charge is -1.78. The van der Waals surface area contributed by atoms with Crippen LogP contribution in [0.3, 0.4) is 0 Å². The number of para-hydroxylation sites is 2. The van der Waals surface area contributed by atoms with Gasteiger partial charge in [0.05, 0.1) is 0 Å². The Kier molecular flexibility index (Phi) is 3.22. The molecule has 2 aromatic rings. The van der Waals surface area contributed by atoms with Crippen LogP contribution in [0.25, 0.3) is 11.0 Å². The maximum absolute atomic E-state index is 8.77. The predicted octanol–water partition coefficient (Wildman–Crippen LogP) is 1.86. The first kappa shape index (κ1) is 9.47. The highest BCUT2D eigenvalue weighted by atomic mass is 35.5. The van der Waals surface area contributed by atoms with Crippen molar-refractivity contribution in [3.05, 3.63) is 24.3 Å². The van der Waals surface area contributed by atoms with Gasteiger partial charge in [0.25, 0.3) is 0 Å². The molecule has 5 nitrogen and oxygen atoms in total. The Morgan fingerprint density at radius 2 is 1.69 bits per heavy atom. The quantitative estimate of drug-likeness (QED) is 0.635. The van der Waals surface area contributed by atoms with Crippen LogP contribution in [0.15, 0.2) is 24.3 Å². The Bertz CT molecular complexity index is 367. The van der Waals surface area contributed by atoms with Crippen LogP contribution in [0.4, 0.5) is 4.79 Å². The molecule has 0 spiro atoms. The summed E-state index contributed by atoms with van der Waals surface area (Å²) >= 11 is 4.19. The van der Waals surface area contributed by atoms with Gasteiger partial charge in [-0.05, 0) is 12.1 Å². The molecule has 0 radical (unpaired) electrons. The fourth-order valence-corrected chi connectivity index (χ4v) is 0.786. The molecular formula is C7H6ClN3O2. The maximum atomic E-state index is 8.77. The van der Waals surface area contributed by atoms with Gasteiger partial charge in [-0.3, -0.25) is 0 Å². The average Bonchev–Trinajstić information content (AvgIpc) is 2.49. The summed E-state index contributed by atoms with van der Waals surface area (Å²) in [6, 6.07) is 7.70. The molecule has 2 N–H and O–H groups in total. The van der Waals surface area contributed by atoms with Gasteiger partial charge in [0.1, 0.15) is 11.0 Å². The number of H-pyrrole nitrogens is 1. The minimum Gasteiger partial charge on any atom is -0.469 e. The Balaban J connectivity index is 0.000000184. The van der Waals surface area contributed by atoms with Crippen LogP contribution in [-0.2, 0) is 0 Å². The first-order chi connectivity index (χ1) is 6.20. The Morgan fingerprint density at radius 1 is 1.31 bits per heavy atom. The first-order valence-electron chi connectivity index (χ1n) is 3.34. The van der Waals surface area contributed by atoms with Crippen molar-refractivity contribution in [2.24, 2.45) is 0 Å². The molecule has 1 aromatic heterocycles. The zero-order chi connectivity index (χ0) is 9.68. The van der Waals surface area contributed by atoms with E-state index < -0.39 is 5.43 Å². The molecule has 0 saturated carbocycles. The molecule has 1 heterocycles. The third kappa shape index (κ3) is 3.08. The molecule has 0 aliphatic rings. The molecule has 0 bridgehead atoms. The number of aromatic nitrogens is 3. The highest BCUT2D eigenvalue weighted by molar-refractivity contribution is 6.60. The number of carbonyl (C=O) groups is 1. The molecule has 0 aliphatic carbocycles. The summed E-state index contributed by atoms with van der Waals surface area (Å²) in [6.07, 6.45) is 0. The fraction of sp³-hybridized carbons (Fsp3) is 0. The molecule has 0 fully saturated rings. The monoisotopic (exact) mass is 199 g/mol. The van der Waals surface area contributed by atoms with Crippen LogP contribution in [0.1, 0.15) is 0 Å². The topological polar surface area (TPSA) is 78.9 Å². The second kappa shape index (κ2) is 4.42. The van der Waals surface area contributed by atoms with Crippen LogP contribution in [-0.4, -0.2) is 25.9 Å². The van der Waals surface area contributed by atoms with E-state index in [0.717, 1.165) is 11.0 Å². The number of nitrogens with zero attached hydrogens (tertiary/aromatic N) is 2. The summed E-state index contributed by atoms with van der Waals surface area (Å²) in [4.78, 5) is 8.77. The SMILES string of the molecule is O=C(O)Cl.c1ccc2n[nH]nc2c1. The van der Waals surface area contributed by atoms with Gasteiger partial charge >= 0.3 is 5.43 Å². The molecule has 13 heavy (non-hydrogen) atoms. The molecule has 0 aliphatic heterocycles. The van der Waals surface area contributed by atoms with Gasteiger partial charge in [0.15, 0.2) is 0 Å². The maximum Gasteiger partial charge on any atom is 0.401 e. The largest absolute Gasteiger partial charge is 0.469 e. The van der Waals surface area contributed by atoms with Gasteiger partial charge in [0, 0.05) is 11.6 Å². The van der Waals surface area contributed by atoms with E-state index in [1.807, 2.05) is 24.3 Å². The molecule has 0 amide bonds. The normalized spacial score (nSPS) is 9.00. The number of carboxylic acid groups (broad SMARTS) is 1. The molecule has 68 valence electrons. The number of benzene rings is 1. The average molecular weight is 200 g/mol. The Hall–Kier alpha value is -1.62. The number of hydrogen-bond acceptors (Lipinski definition) is 3. The highest BCUT2D eigenvalue weighted by Gasteiger charge is 1.90. The molecule has 6 heteroatoms. The van der Waals surface area contributed by atoms with Crippen molar-refractivity contribution in [1.29, 1.82) is 0 Å². The predicted molar refractivity (Wildman–Crippen MR) is 47.8 cm³/mol. The fourth-order valence-electron chi connectivity index (χ4n) is 0.786. The second-order valence-electron chi connectivity index (χ2n) is 2.07. The molecular weight excluding hydrogens is 194 g/mol. The lowest BCUT2D eigenvalue weighted by molar-refractivity contribution is 0.220. The Morgan fingerprint density at radius 3 is 2.08 bits per heavy atom. The summed E-state index contributed by atoms with van der Waals surface area (Å²) < 4.78 is 0. The van der Waals surface area contributed by atoms with Crippen molar-refractivity contribution in [3.63, 3.8) is 0 Å². The van der Waals surface area contributed by atoms with Crippen LogP contribution >= 0.6 is 11.6 Å². The number of halogens is 1. The van der Waals surface area contributed by atoms with Crippen LogP contribution in [0.5, 0.6) is 0 Å². The third-order valence-corrected chi connectivity index (χ3v) is 1.22. The number of fused-ring (bicyclic) bond motifs is 1. The highest BCUT2D eigenvalue weighted by Crippen LogP contribution is 2.03. The van der Waals surface area contributed by atoms with Crippen molar-refractivity contribution in [3.8, 4) is 0 Å². The van der Waals surface area contributed by atoms with Crippen molar-refractivity contribution < 1.29 is 9.90 Å². The summed E-state index contributed by atoms with van der Waals surface area (Å²) in [5.41, 5.74) is 0.468. The number of nitrogens with one attached hydrogen (secondary N) is 1. The molecule has 1 aromatic carbocycles. The van der Waals surface area contributed by atoms with E-state index >= 15 is 0 Å². The van der Waals surface area contributed by atoms with Gasteiger partial charge in [0.2, 0.25) is 0 Å². The number of hydrogen-bond donors (Lipinski definition) is 2. The minimum atomic E-state index is -1.36. The lowest BCUT2D eigenvalue weighted by atomic mass is 10.3. The van der Waals surface area contributed by atoms with E-state index in [-0.39, 0.29) is 0 Å². The molecule has 0 atom stereocenters. The van der Waals surface area contributed by atoms with Gasteiger partial charge in [-0.15, -0.1) is 0 Å². The molecule has 2 rings (SSSR count). The smallest absolute Gasteiger partial charge is 0.401 e. The van der Waals surface area contributed by atoms with Crippen molar-refractivity contribution in [2.45, 2.75) is 0 Å². The van der Waals surface area contributed by atoms with Crippen LogP contribution in [0, 0.1) is 0 Å². The van der Waals surface area contributed by atoms with E-state index in [2.05, 4.69) is 27.0 Å². The van der Waals surface area contributed by atoms with Crippen molar-refractivity contribution in [2.75, 3.05) is 0 Å². The van der Waals surface area contributed by atoms with Crippen LogP contribution in [0.2, 0.25) is 0 Å². The van der Waals surface area contributed by atoms with Gasteiger partial charge in [-0.1, -0.05) is 12.1 Å². The summed E-state index contributed by atoms with van der Waals surface area (Å²) in [5.74, 6) is 0. The summed E-state index contributed by atoms with van der Waals surface area (Å²) in [5, 5.41) is 17.5. The van der Waals surface area contributed by atoms with Crippen molar-refractivity contribution >= 4 is 28.1 Å². The first-order valence-corrected chi connectivity index (χ1v) is 3.72. The van der Waals surface area contributed by atoms with E-state index in [0.29, 0.717) is 0 Å².